The van der Waals surface area contributed by atoms with Crippen molar-refractivity contribution in [3.63, 3.8) is 0 Å². The highest BCUT2D eigenvalue weighted by atomic mass is 35.5. The fourth-order valence-electron chi connectivity index (χ4n) is 1.42. The second kappa shape index (κ2) is 8.35. The quantitative estimate of drug-likeness (QED) is 0.479. The minimum atomic E-state index is -2.06. The highest BCUT2D eigenvalue weighted by molar-refractivity contribution is 6.30. The van der Waals surface area contributed by atoms with Gasteiger partial charge in [0.25, 0.3) is 0 Å². The van der Waals surface area contributed by atoms with Crippen LogP contribution in [0.15, 0.2) is 24.3 Å². The summed E-state index contributed by atoms with van der Waals surface area (Å²) in [7, 11) is 0. The van der Waals surface area contributed by atoms with Crippen molar-refractivity contribution in [3.05, 3.63) is 34.9 Å². The zero-order chi connectivity index (χ0) is 17.5. The lowest BCUT2D eigenvalue weighted by Gasteiger charge is -2.18. The molecule has 0 aliphatic carbocycles. The molecule has 23 heavy (non-hydrogen) atoms. The number of rotatable bonds is 7. The Kier molecular flexibility index (Phi) is 6.80. The third-order valence-electron chi connectivity index (χ3n) is 2.87. The predicted octanol–water partition coefficient (Wildman–Crippen LogP) is 0.0910. The lowest BCUT2D eigenvalue weighted by atomic mass is 10.1. The SMILES string of the molecule is CC(O)(CNC(=O)CNC(=O)NCc1ccc(Cl)cc1)C(=O)O. The van der Waals surface area contributed by atoms with Gasteiger partial charge in [0.05, 0.1) is 13.1 Å². The van der Waals surface area contributed by atoms with Gasteiger partial charge in [0.2, 0.25) is 5.91 Å². The van der Waals surface area contributed by atoms with Crippen molar-refractivity contribution < 1.29 is 24.6 Å². The minimum absolute atomic E-state index is 0.262. The summed E-state index contributed by atoms with van der Waals surface area (Å²) in [5.74, 6) is -2.07. The number of carbonyl (C=O) groups excluding carboxylic acids is 2. The first-order valence-electron chi connectivity index (χ1n) is 6.69. The molecule has 0 saturated heterocycles. The Labute approximate surface area is 137 Å². The normalized spacial score (nSPS) is 12.8. The van der Waals surface area contributed by atoms with Gasteiger partial charge in [-0.15, -0.1) is 0 Å². The number of amides is 3. The molecule has 0 fully saturated rings. The van der Waals surface area contributed by atoms with Crippen molar-refractivity contribution in [2.75, 3.05) is 13.1 Å². The van der Waals surface area contributed by atoms with E-state index in [0.29, 0.717) is 5.02 Å². The van der Waals surface area contributed by atoms with Crippen LogP contribution in [0.5, 0.6) is 0 Å². The molecule has 1 rings (SSSR count). The third-order valence-corrected chi connectivity index (χ3v) is 3.12. The molecule has 3 amide bonds. The molecule has 0 bridgehead atoms. The van der Waals surface area contributed by atoms with Crippen LogP contribution in [0.2, 0.25) is 5.02 Å². The third kappa shape index (κ3) is 6.98. The van der Waals surface area contributed by atoms with Crippen LogP contribution in [0.1, 0.15) is 12.5 Å². The number of carbonyl (C=O) groups is 3. The second-order valence-corrected chi connectivity index (χ2v) is 5.45. The number of aliphatic hydroxyl groups is 1. The van der Waals surface area contributed by atoms with Crippen LogP contribution in [0, 0.1) is 0 Å². The predicted molar refractivity (Wildman–Crippen MR) is 83.0 cm³/mol. The van der Waals surface area contributed by atoms with Gasteiger partial charge in [-0.25, -0.2) is 9.59 Å². The summed E-state index contributed by atoms with van der Waals surface area (Å²) in [5.41, 5.74) is -1.22. The van der Waals surface area contributed by atoms with Gasteiger partial charge < -0.3 is 26.2 Å². The van der Waals surface area contributed by atoms with Crippen LogP contribution in [0.3, 0.4) is 0 Å². The van der Waals surface area contributed by atoms with E-state index in [0.717, 1.165) is 12.5 Å². The number of carboxylic acids is 1. The van der Waals surface area contributed by atoms with E-state index >= 15 is 0 Å². The van der Waals surface area contributed by atoms with Crippen molar-refractivity contribution in [1.82, 2.24) is 16.0 Å². The first-order chi connectivity index (χ1) is 10.7. The number of nitrogens with one attached hydrogen (secondary N) is 3. The number of carboxylic acid groups (broad SMARTS) is 1. The van der Waals surface area contributed by atoms with Crippen molar-refractivity contribution >= 4 is 29.5 Å². The molecule has 5 N–H and O–H groups in total. The van der Waals surface area contributed by atoms with Crippen LogP contribution in [-0.2, 0) is 16.1 Å². The molecule has 8 nitrogen and oxygen atoms in total. The van der Waals surface area contributed by atoms with Gasteiger partial charge in [-0.2, -0.15) is 0 Å². The topological polar surface area (TPSA) is 128 Å². The van der Waals surface area contributed by atoms with E-state index in [9.17, 15) is 19.5 Å². The van der Waals surface area contributed by atoms with Crippen molar-refractivity contribution in [2.24, 2.45) is 0 Å². The Morgan fingerprint density at radius 3 is 2.30 bits per heavy atom. The molecular weight excluding hydrogens is 326 g/mol. The number of hydrogen-bond donors (Lipinski definition) is 5. The zero-order valence-electron chi connectivity index (χ0n) is 12.4. The summed E-state index contributed by atoms with van der Waals surface area (Å²) in [4.78, 5) is 33.6. The Hall–Kier alpha value is -2.32. The molecule has 0 aliphatic heterocycles. The molecule has 9 heteroatoms. The molecule has 1 aromatic carbocycles. The van der Waals surface area contributed by atoms with E-state index in [1.165, 1.54) is 0 Å². The monoisotopic (exact) mass is 343 g/mol. The zero-order valence-corrected chi connectivity index (χ0v) is 13.2. The Balaban J connectivity index is 2.26. The largest absolute Gasteiger partial charge is 0.479 e. The minimum Gasteiger partial charge on any atom is -0.479 e. The first-order valence-corrected chi connectivity index (χ1v) is 7.07. The summed E-state index contributed by atoms with van der Waals surface area (Å²) >= 11 is 5.74. The maximum absolute atomic E-state index is 11.5. The average molecular weight is 344 g/mol. The molecule has 0 saturated carbocycles. The maximum Gasteiger partial charge on any atom is 0.337 e. The molecule has 1 unspecified atom stereocenters. The lowest BCUT2D eigenvalue weighted by molar-refractivity contribution is -0.156. The van der Waals surface area contributed by atoms with Crippen LogP contribution in [0.4, 0.5) is 4.79 Å². The molecule has 0 radical (unpaired) electrons. The van der Waals surface area contributed by atoms with Crippen LogP contribution in [0.25, 0.3) is 0 Å². The standard InChI is InChI=1S/C14H18ClN3O5/c1-14(23,12(20)21)8-18-11(19)7-17-13(22)16-6-9-2-4-10(15)5-3-9/h2-5,23H,6-8H2,1H3,(H,18,19)(H,20,21)(H2,16,17,22). The maximum atomic E-state index is 11.5. The average Bonchev–Trinajstić information content (AvgIpc) is 2.50. The van der Waals surface area contributed by atoms with Crippen molar-refractivity contribution in [3.8, 4) is 0 Å². The summed E-state index contributed by atoms with van der Waals surface area (Å²) < 4.78 is 0. The first kappa shape index (κ1) is 18.7. The Morgan fingerprint density at radius 1 is 1.13 bits per heavy atom. The molecule has 0 spiro atoms. The molecule has 1 atom stereocenters. The molecular formula is C14H18ClN3O5. The number of aliphatic carboxylic acids is 1. The van der Waals surface area contributed by atoms with E-state index in [4.69, 9.17) is 16.7 Å². The van der Waals surface area contributed by atoms with Gasteiger partial charge in [0.15, 0.2) is 5.60 Å². The highest BCUT2D eigenvalue weighted by Gasteiger charge is 2.30. The van der Waals surface area contributed by atoms with Crippen LogP contribution in [-0.4, -0.2) is 46.8 Å². The van der Waals surface area contributed by atoms with Gasteiger partial charge in [0, 0.05) is 11.6 Å². The van der Waals surface area contributed by atoms with Crippen molar-refractivity contribution in [2.45, 2.75) is 19.1 Å². The molecule has 126 valence electrons. The van der Waals surface area contributed by atoms with Gasteiger partial charge in [-0.1, -0.05) is 23.7 Å². The van der Waals surface area contributed by atoms with Crippen LogP contribution >= 0.6 is 11.6 Å². The Bertz CT molecular complexity index is 574. The van der Waals surface area contributed by atoms with Gasteiger partial charge in [0.1, 0.15) is 0 Å². The summed E-state index contributed by atoms with van der Waals surface area (Å²) in [6, 6.07) is 6.34. The fourth-order valence-corrected chi connectivity index (χ4v) is 1.54. The second-order valence-electron chi connectivity index (χ2n) is 5.02. The fraction of sp³-hybridized carbons (Fsp3) is 0.357. The molecule has 0 aliphatic rings. The Morgan fingerprint density at radius 2 is 1.74 bits per heavy atom. The highest BCUT2D eigenvalue weighted by Crippen LogP contribution is 2.08. The van der Waals surface area contributed by atoms with Gasteiger partial charge >= 0.3 is 12.0 Å². The van der Waals surface area contributed by atoms with E-state index in [2.05, 4.69) is 16.0 Å². The number of halogens is 1. The van der Waals surface area contributed by atoms with E-state index in [1.807, 2.05) is 0 Å². The summed E-state index contributed by atoms with van der Waals surface area (Å²) in [6.45, 7) is 0.512. The van der Waals surface area contributed by atoms with Crippen LogP contribution < -0.4 is 16.0 Å². The molecule has 0 heterocycles. The summed E-state index contributed by atoms with van der Waals surface area (Å²) in [6.07, 6.45) is 0. The number of benzene rings is 1. The van der Waals surface area contributed by atoms with Gasteiger partial charge in [-0.05, 0) is 24.6 Å². The van der Waals surface area contributed by atoms with E-state index in [-0.39, 0.29) is 13.1 Å². The van der Waals surface area contributed by atoms with E-state index < -0.39 is 30.1 Å². The molecule has 1 aromatic rings. The van der Waals surface area contributed by atoms with Crippen molar-refractivity contribution in [1.29, 1.82) is 0 Å². The smallest absolute Gasteiger partial charge is 0.337 e. The van der Waals surface area contributed by atoms with E-state index in [1.54, 1.807) is 24.3 Å². The number of hydrogen-bond acceptors (Lipinski definition) is 4. The lowest BCUT2D eigenvalue weighted by Crippen LogP contribution is -2.49. The summed E-state index contributed by atoms with van der Waals surface area (Å²) in [5, 5.41) is 25.8. The van der Waals surface area contributed by atoms with Gasteiger partial charge in [-0.3, -0.25) is 4.79 Å². The number of urea groups is 1. The molecule has 0 aromatic heterocycles.